The molecule has 0 bridgehead atoms. The minimum absolute atomic E-state index is 0.279. The number of nitrogens with one attached hydrogen (secondary N) is 2. The zero-order valence-electron chi connectivity index (χ0n) is 16.3. The van der Waals surface area contributed by atoms with Gasteiger partial charge in [-0.05, 0) is 61.0 Å². The number of ether oxygens (including phenoxy) is 1. The van der Waals surface area contributed by atoms with E-state index in [0.717, 1.165) is 27.9 Å². The molecule has 0 saturated carbocycles. The third-order valence-electron chi connectivity index (χ3n) is 4.43. The smallest absolute Gasteiger partial charge is 0.247 e. The molecule has 0 aliphatic heterocycles. The van der Waals surface area contributed by atoms with Crippen molar-refractivity contribution in [2.75, 3.05) is 19.1 Å². The van der Waals surface area contributed by atoms with Crippen molar-refractivity contribution in [2.24, 2.45) is 0 Å². The van der Waals surface area contributed by atoms with Crippen LogP contribution in [0.4, 0.5) is 16.0 Å². The molecule has 0 saturated heterocycles. The monoisotopic (exact) mass is 391 g/mol. The van der Waals surface area contributed by atoms with Crippen LogP contribution in [-0.2, 0) is 11.3 Å². The summed E-state index contributed by atoms with van der Waals surface area (Å²) in [4.78, 5) is 4.62. The molecule has 2 aromatic heterocycles. The normalized spacial score (nSPS) is 11.1. The van der Waals surface area contributed by atoms with Gasteiger partial charge in [0.2, 0.25) is 5.95 Å². The minimum atomic E-state index is -0.279. The molecule has 7 heteroatoms. The fourth-order valence-corrected chi connectivity index (χ4v) is 3.13. The second kappa shape index (κ2) is 8.38. The van der Waals surface area contributed by atoms with Crippen LogP contribution in [0, 0.1) is 12.7 Å². The molecule has 0 fully saturated rings. The number of pyridine rings is 1. The molecule has 0 amide bonds. The van der Waals surface area contributed by atoms with Gasteiger partial charge >= 0.3 is 0 Å². The third-order valence-corrected chi connectivity index (χ3v) is 4.43. The number of benzene rings is 2. The highest BCUT2D eigenvalue weighted by Crippen LogP contribution is 2.27. The van der Waals surface area contributed by atoms with Crippen molar-refractivity contribution in [1.29, 1.82) is 0 Å². The first kappa shape index (κ1) is 19.0. The fourth-order valence-electron chi connectivity index (χ4n) is 3.13. The molecule has 4 aromatic rings. The summed E-state index contributed by atoms with van der Waals surface area (Å²) in [6.07, 6.45) is 1.90. The molecule has 2 heterocycles. The number of fused-ring (bicyclic) bond motifs is 1. The highest BCUT2D eigenvalue weighted by Gasteiger charge is 2.12. The summed E-state index contributed by atoms with van der Waals surface area (Å²) in [5.74, 6) is 0.200. The Morgan fingerprint density at radius 2 is 1.93 bits per heavy atom. The highest BCUT2D eigenvalue weighted by molar-refractivity contribution is 5.78. The van der Waals surface area contributed by atoms with Crippen molar-refractivity contribution < 1.29 is 9.13 Å². The van der Waals surface area contributed by atoms with Gasteiger partial charge in [0.15, 0.2) is 5.65 Å². The lowest BCUT2D eigenvalue weighted by Gasteiger charge is -2.05. The van der Waals surface area contributed by atoms with Crippen LogP contribution in [0.3, 0.4) is 0 Å². The molecule has 0 unspecified atom stereocenters. The van der Waals surface area contributed by atoms with Gasteiger partial charge < -0.3 is 10.1 Å². The Labute approximate surface area is 168 Å². The Morgan fingerprint density at radius 1 is 1.10 bits per heavy atom. The van der Waals surface area contributed by atoms with Gasteiger partial charge in [-0.2, -0.15) is 4.98 Å². The van der Waals surface area contributed by atoms with Gasteiger partial charge in [-0.25, -0.2) is 8.91 Å². The molecule has 0 atom stereocenters. The molecule has 0 radical (unpaired) electrons. The van der Waals surface area contributed by atoms with Crippen LogP contribution in [-0.4, -0.2) is 28.4 Å². The number of anilines is 2. The van der Waals surface area contributed by atoms with E-state index in [1.54, 1.807) is 10.6 Å². The highest BCUT2D eigenvalue weighted by atomic mass is 19.1. The van der Waals surface area contributed by atoms with Gasteiger partial charge in [0.25, 0.3) is 0 Å². The number of aryl methyl sites for hydroxylation is 1. The van der Waals surface area contributed by atoms with Crippen molar-refractivity contribution >= 4 is 17.3 Å². The van der Waals surface area contributed by atoms with Crippen molar-refractivity contribution in [3.8, 4) is 11.1 Å². The Kier molecular flexibility index (Phi) is 5.50. The predicted molar refractivity (Wildman–Crippen MR) is 112 cm³/mol. The van der Waals surface area contributed by atoms with Gasteiger partial charge in [-0.1, -0.05) is 24.3 Å². The Morgan fingerprint density at radius 3 is 2.69 bits per heavy atom. The van der Waals surface area contributed by atoms with Gasteiger partial charge in [0.05, 0.1) is 13.3 Å². The van der Waals surface area contributed by atoms with Gasteiger partial charge in [-0.15, -0.1) is 5.10 Å². The molecular weight excluding hydrogens is 369 g/mol. The van der Waals surface area contributed by atoms with E-state index in [-0.39, 0.29) is 5.82 Å². The topological polar surface area (TPSA) is 63.5 Å². The van der Waals surface area contributed by atoms with E-state index < -0.39 is 0 Å². The van der Waals surface area contributed by atoms with E-state index in [4.69, 9.17) is 4.74 Å². The first-order chi connectivity index (χ1) is 14.1. The minimum Gasteiger partial charge on any atom is -0.362 e. The van der Waals surface area contributed by atoms with Crippen LogP contribution in [0.15, 0.2) is 60.8 Å². The van der Waals surface area contributed by atoms with Crippen LogP contribution in [0.2, 0.25) is 0 Å². The molecule has 0 spiro atoms. The van der Waals surface area contributed by atoms with Crippen LogP contribution >= 0.6 is 0 Å². The Bertz CT molecular complexity index is 1120. The Balaban J connectivity index is 1.60. The molecule has 0 aliphatic carbocycles. The summed E-state index contributed by atoms with van der Waals surface area (Å²) in [6.45, 7) is 3.04. The van der Waals surface area contributed by atoms with E-state index in [9.17, 15) is 4.39 Å². The van der Waals surface area contributed by atoms with E-state index in [0.29, 0.717) is 24.9 Å². The molecule has 2 aromatic carbocycles. The largest absolute Gasteiger partial charge is 0.362 e. The number of aromatic nitrogens is 3. The number of hydrogen-bond acceptors (Lipinski definition) is 5. The maximum Gasteiger partial charge on any atom is 0.247 e. The summed E-state index contributed by atoms with van der Waals surface area (Å²) in [6, 6.07) is 16.4. The van der Waals surface area contributed by atoms with Gasteiger partial charge in [0.1, 0.15) is 5.82 Å². The SMILES string of the molecule is CNCOCc1ccc(Nc2nc3c(-c4cccc(F)c4)cc(C)cn3n2)cc1. The predicted octanol–water partition coefficient (Wildman–Crippen LogP) is 4.28. The van der Waals surface area contributed by atoms with Crippen LogP contribution < -0.4 is 10.6 Å². The summed E-state index contributed by atoms with van der Waals surface area (Å²) in [7, 11) is 1.84. The first-order valence-electron chi connectivity index (χ1n) is 9.33. The molecule has 2 N–H and O–H groups in total. The average Bonchev–Trinajstić information content (AvgIpc) is 3.11. The maximum absolute atomic E-state index is 13.7. The first-order valence-corrected chi connectivity index (χ1v) is 9.33. The number of hydrogen-bond donors (Lipinski definition) is 2. The zero-order valence-corrected chi connectivity index (χ0v) is 16.3. The second-order valence-electron chi connectivity index (χ2n) is 6.81. The lowest BCUT2D eigenvalue weighted by molar-refractivity contribution is 0.109. The fraction of sp³-hybridized carbons (Fsp3) is 0.182. The van der Waals surface area contributed by atoms with Crippen LogP contribution in [0.25, 0.3) is 16.8 Å². The van der Waals surface area contributed by atoms with Crippen molar-refractivity contribution in [3.05, 3.63) is 77.7 Å². The van der Waals surface area contributed by atoms with Gasteiger partial charge in [-0.3, -0.25) is 5.32 Å². The summed E-state index contributed by atoms with van der Waals surface area (Å²) in [5, 5.41) is 10.7. The zero-order chi connectivity index (χ0) is 20.2. The average molecular weight is 391 g/mol. The second-order valence-corrected chi connectivity index (χ2v) is 6.81. The number of halogens is 1. The molecule has 29 heavy (non-hydrogen) atoms. The standard InChI is InChI=1S/C22H22FN5O/c1-15-10-20(17-4-3-5-18(23)11-17)21-26-22(27-28(21)12-15)25-19-8-6-16(7-9-19)13-29-14-24-2/h3-12,24H,13-14H2,1-2H3,(H,25,27). The molecule has 148 valence electrons. The maximum atomic E-state index is 13.7. The van der Waals surface area contributed by atoms with E-state index in [1.807, 2.05) is 56.6 Å². The quantitative estimate of drug-likeness (QED) is 0.364. The number of nitrogens with zero attached hydrogens (tertiary/aromatic N) is 3. The lowest BCUT2D eigenvalue weighted by Crippen LogP contribution is -2.11. The molecule has 0 aliphatic rings. The summed E-state index contributed by atoms with van der Waals surface area (Å²) >= 11 is 0. The van der Waals surface area contributed by atoms with E-state index in [2.05, 4.69) is 20.7 Å². The Hall–Kier alpha value is -3.29. The third kappa shape index (κ3) is 4.42. The van der Waals surface area contributed by atoms with E-state index in [1.165, 1.54) is 12.1 Å². The number of rotatable bonds is 7. The van der Waals surface area contributed by atoms with Crippen LogP contribution in [0.5, 0.6) is 0 Å². The lowest BCUT2D eigenvalue weighted by atomic mass is 10.1. The summed E-state index contributed by atoms with van der Waals surface area (Å²) < 4.78 is 20.9. The van der Waals surface area contributed by atoms with Crippen molar-refractivity contribution in [3.63, 3.8) is 0 Å². The van der Waals surface area contributed by atoms with Crippen LogP contribution in [0.1, 0.15) is 11.1 Å². The summed E-state index contributed by atoms with van der Waals surface area (Å²) in [5.41, 5.74) is 5.24. The van der Waals surface area contributed by atoms with E-state index >= 15 is 0 Å². The van der Waals surface area contributed by atoms with Crippen molar-refractivity contribution in [1.82, 2.24) is 19.9 Å². The van der Waals surface area contributed by atoms with Crippen molar-refractivity contribution in [2.45, 2.75) is 13.5 Å². The molecule has 6 nitrogen and oxygen atoms in total. The van der Waals surface area contributed by atoms with Gasteiger partial charge in [0, 0.05) is 17.4 Å². The molecular formula is C22H22FN5O. The molecule has 4 rings (SSSR count).